The molecule has 1 atom stereocenters. The average Bonchev–Trinajstić information content (AvgIpc) is 2.43. The Morgan fingerprint density at radius 1 is 1.21 bits per heavy atom. The molecule has 0 aliphatic heterocycles. The minimum absolute atomic E-state index is 0.0419. The number of hydrogen-bond acceptors (Lipinski definition) is 3. The van der Waals surface area contributed by atoms with E-state index in [4.69, 9.17) is 5.73 Å². The second kappa shape index (κ2) is 7.31. The SMILES string of the molecule is CCC(=O)CC[C@@H](NC(=O)c1ccccc1)C(N)=O. The highest BCUT2D eigenvalue weighted by molar-refractivity contribution is 5.97. The van der Waals surface area contributed by atoms with Crippen molar-refractivity contribution in [1.29, 1.82) is 0 Å². The van der Waals surface area contributed by atoms with Crippen LogP contribution >= 0.6 is 0 Å². The van der Waals surface area contributed by atoms with E-state index in [1.54, 1.807) is 37.3 Å². The average molecular weight is 262 g/mol. The van der Waals surface area contributed by atoms with Gasteiger partial charge in [-0.25, -0.2) is 0 Å². The van der Waals surface area contributed by atoms with E-state index in [1.165, 1.54) is 0 Å². The first-order chi connectivity index (χ1) is 9.04. The number of ketones is 1. The minimum atomic E-state index is -0.816. The second-order valence-electron chi connectivity index (χ2n) is 4.23. The van der Waals surface area contributed by atoms with Gasteiger partial charge in [0.1, 0.15) is 11.8 Å². The Balaban J connectivity index is 2.61. The molecule has 0 saturated heterocycles. The number of rotatable bonds is 7. The van der Waals surface area contributed by atoms with Gasteiger partial charge in [0.2, 0.25) is 5.91 Å². The standard InChI is InChI=1S/C14H18N2O3/c1-2-11(17)8-9-12(13(15)18)16-14(19)10-6-4-3-5-7-10/h3-7,12H,2,8-9H2,1H3,(H2,15,18)(H,16,19)/t12-/m1/s1. The van der Waals surface area contributed by atoms with E-state index in [1.807, 2.05) is 0 Å². The molecule has 0 aliphatic carbocycles. The van der Waals surface area contributed by atoms with E-state index in [0.717, 1.165) is 0 Å². The first-order valence-corrected chi connectivity index (χ1v) is 6.21. The minimum Gasteiger partial charge on any atom is -0.368 e. The van der Waals surface area contributed by atoms with Crippen molar-refractivity contribution in [3.63, 3.8) is 0 Å². The molecular weight excluding hydrogens is 244 g/mol. The maximum absolute atomic E-state index is 11.9. The highest BCUT2D eigenvalue weighted by Crippen LogP contribution is 2.03. The van der Waals surface area contributed by atoms with Crippen LogP contribution in [0.25, 0.3) is 0 Å². The number of Topliss-reactive ketones (excluding diaryl/α,β-unsaturated/α-hetero) is 1. The van der Waals surface area contributed by atoms with Crippen LogP contribution < -0.4 is 11.1 Å². The molecule has 1 aromatic rings. The maximum Gasteiger partial charge on any atom is 0.251 e. The van der Waals surface area contributed by atoms with E-state index >= 15 is 0 Å². The quantitative estimate of drug-likeness (QED) is 0.769. The lowest BCUT2D eigenvalue weighted by Gasteiger charge is -2.14. The van der Waals surface area contributed by atoms with E-state index in [9.17, 15) is 14.4 Å². The molecule has 5 nitrogen and oxygen atoms in total. The Morgan fingerprint density at radius 3 is 2.37 bits per heavy atom. The van der Waals surface area contributed by atoms with Crippen LogP contribution in [0.15, 0.2) is 30.3 Å². The molecule has 0 aliphatic rings. The van der Waals surface area contributed by atoms with Crippen LogP contribution in [0.3, 0.4) is 0 Å². The molecule has 3 N–H and O–H groups in total. The molecule has 19 heavy (non-hydrogen) atoms. The summed E-state index contributed by atoms with van der Waals surface area (Å²) in [6, 6.07) is 7.73. The van der Waals surface area contributed by atoms with Gasteiger partial charge in [-0.05, 0) is 18.6 Å². The van der Waals surface area contributed by atoms with Gasteiger partial charge in [0.05, 0.1) is 0 Å². The number of nitrogens with one attached hydrogen (secondary N) is 1. The third kappa shape index (κ3) is 4.91. The lowest BCUT2D eigenvalue weighted by molar-refractivity contribution is -0.121. The topological polar surface area (TPSA) is 89.3 Å². The number of benzene rings is 1. The van der Waals surface area contributed by atoms with Gasteiger partial charge in [0.25, 0.3) is 5.91 Å². The molecule has 0 bridgehead atoms. The Kier molecular flexibility index (Phi) is 5.73. The van der Waals surface area contributed by atoms with Crippen LogP contribution in [0.5, 0.6) is 0 Å². The van der Waals surface area contributed by atoms with Crippen molar-refractivity contribution in [1.82, 2.24) is 5.32 Å². The Labute approximate surface area is 112 Å². The van der Waals surface area contributed by atoms with Crippen molar-refractivity contribution in [2.24, 2.45) is 5.73 Å². The lowest BCUT2D eigenvalue weighted by atomic mass is 10.1. The smallest absolute Gasteiger partial charge is 0.251 e. The van der Waals surface area contributed by atoms with E-state index in [2.05, 4.69) is 5.32 Å². The highest BCUT2D eigenvalue weighted by Gasteiger charge is 2.19. The van der Waals surface area contributed by atoms with Crippen molar-refractivity contribution in [3.05, 3.63) is 35.9 Å². The summed E-state index contributed by atoms with van der Waals surface area (Å²) >= 11 is 0. The molecule has 0 unspecified atom stereocenters. The zero-order valence-corrected chi connectivity index (χ0v) is 10.9. The Hall–Kier alpha value is -2.17. The van der Waals surface area contributed by atoms with Crippen LogP contribution in [0.2, 0.25) is 0 Å². The molecule has 0 saturated carbocycles. The second-order valence-corrected chi connectivity index (χ2v) is 4.23. The van der Waals surface area contributed by atoms with Crippen molar-refractivity contribution >= 4 is 17.6 Å². The number of amides is 2. The van der Waals surface area contributed by atoms with Gasteiger partial charge in [-0.2, -0.15) is 0 Å². The van der Waals surface area contributed by atoms with Gasteiger partial charge in [-0.3, -0.25) is 14.4 Å². The predicted octanol–water partition coefficient (Wildman–Crippen LogP) is 1.03. The molecule has 0 aromatic heterocycles. The summed E-state index contributed by atoms with van der Waals surface area (Å²) < 4.78 is 0. The monoisotopic (exact) mass is 262 g/mol. The van der Waals surface area contributed by atoms with Gasteiger partial charge in [0, 0.05) is 18.4 Å². The van der Waals surface area contributed by atoms with E-state index in [-0.39, 0.29) is 24.5 Å². The van der Waals surface area contributed by atoms with E-state index < -0.39 is 11.9 Å². The molecule has 0 radical (unpaired) electrons. The van der Waals surface area contributed by atoms with Crippen LogP contribution in [0, 0.1) is 0 Å². The summed E-state index contributed by atoms with van der Waals surface area (Å²) in [5.41, 5.74) is 5.68. The van der Waals surface area contributed by atoms with Crippen LogP contribution in [0.4, 0.5) is 0 Å². The zero-order valence-electron chi connectivity index (χ0n) is 10.9. The summed E-state index contributed by atoms with van der Waals surface area (Å²) in [5.74, 6) is -0.957. The maximum atomic E-state index is 11.9. The molecular formula is C14H18N2O3. The summed E-state index contributed by atoms with van der Waals surface area (Å²) in [5, 5.41) is 2.55. The number of carbonyl (C=O) groups excluding carboxylic acids is 3. The third-order valence-electron chi connectivity index (χ3n) is 2.79. The molecule has 0 fully saturated rings. The van der Waals surface area contributed by atoms with Gasteiger partial charge < -0.3 is 11.1 Å². The van der Waals surface area contributed by atoms with Gasteiger partial charge in [0.15, 0.2) is 0 Å². The number of hydrogen-bond donors (Lipinski definition) is 2. The largest absolute Gasteiger partial charge is 0.368 e. The fourth-order valence-corrected chi connectivity index (χ4v) is 1.60. The van der Waals surface area contributed by atoms with Crippen molar-refractivity contribution < 1.29 is 14.4 Å². The summed E-state index contributed by atoms with van der Waals surface area (Å²) in [6.07, 6.45) is 0.887. The Morgan fingerprint density at radius 2 is 1.84 bits per heavy atom. The third-order valence-corrected chi connectivity index (χ3v) is 2.79. The fraction of sp³-hybridized carbons (Fsp3) is 0.357. The molecule has 0 heterocycles. The normalized spacial score (nSPS) is 11.6. The zero-order chi connectivity index (χ0) is 14.3. The van der Waals surface area contributed by atoms with Crippen LogP contribution in [0.1, 0.15) is 36.5 Å². The predicted molar refractivity (Wildman–Crippen MR) is 71.4 cm³/mol. The van der Waals surface area contributed by atoms with Crippen molar-refractivity contribution in [2.75, 3.05) is 0 Å². The molecule has 0 spiro atoms. The lowest BCUT2D eigenvalue weighted by Crippen LogP contribution is -2.44. The Bertz CT molecular complexity index is 457. The van der Waals surface area contributed by atoms with Gasteiger partial charge >= 0.3 is 0 Å². The summed E-state index contributed by atoms with van der Waals surface area (Å²) in [4.78, 5) is 34.4. The molecule has 5 heteroatoms. The summed E-state index contributed by atoms with van der Waals surface area (Å²) in [7, 11) is 0. The van der Waals surface area contributed by atoms with Gasteiger partial charge in [-0.1, -0.05) is 25.1 Å². The van der Waals surface area contributed by atoms with E-state index in [0.29, 0.717) is 12.0 Å². The van der Waals surface area contributed by atoms with Crippen LogP contribution in [-0.2, 0) is 9.59 Å². The number of primary amides is 1. The van der Waals surface area contributed by atoms with Crippen molar-refractivity contribution in [2.45, 2.75) is 32.2 Å². The molecule has 1 rings (SSSR count). The first kappa shape index (κ1) is 14.9. The van der Waals surface area contributed by atoms with Crippen LogP contribution in [-0.4, -0.2) is 23.6 Å². The molecule has 1 aromatic carbocycles. The molecule has 102 valence electrons. The van der Waals surface area contributed by atoms with Gasteiger partial charge in [-0.15, -0.1) is 0 Å². The number of nitrogens with two attached hydrogens (primary N) is 1. The number of carbonyl (C=O) groups is 3. The first-order valence-electron chi connectivity index (χ1n) is 6.21. The van der Waals surface area contributed by atoms with Crippen molar-refractivity contribution in [3.8, 4) is 0 Å². The summed E-state index contributed by atoms with van der Waals surface area (Å²) in [6.45, 7) is 1.75. The highest BCUT2D eigenvalue weighted by atomic mass is 16.2. The molecule has 2 amide bonds. The fourth-order valence-electron chi connectivity index (χ4n) is 1.60.